The van der Waals surface area contributed by atoms with E-state index in [-0.39, 0.29) is 12.0 Å². The predicted molar refractivity (Wildman–Crippen MR) is 65.0 cm³/mol. The van der Waals surface area contributed by atoms with Crippen LogP contribution in [0.4, 0.5) is 4.79 Å². The van der Waals surface area contributed by atoms with Crippen LogP contribution >= 0.6 is 0 Å². The molecule has 1 saturated heterocycles. The van der Waals surface area contributed by atoms with Crippen molar-refractivity contribution in [2.45, 2.75) is 58.2 Å². The van der Waals surface area contributed by atoms with Crippen LogP contribution < -0.4 is 0 Å². The average molecular weight is 255 g/mol. The molecule has 3 unspecified atom stereocenters. The van der Waals surface area contributed by atoms with Gasteiger partial charge in [-0.2, -0.15) is 0 Å². The lowest BCUT2D eigenvalue weighted by Crippen LogP contribution is -2.46. The van der Waals surface area contributed by atoms with Gasteiger partial charge in [0.25, 0.3) is 0 Å². The smallest absolute Gasteiger partial charge is 0.411 e. The Morgan fingerprint density at radius 2 is 1.94 bits per heavy atom. The maximum Gasteiger partial charge on any atom is 0.411 e. The Morgan fingerprint density at radius 3 is 2.50 bits per heavy atom. The van der Waals surface area contributed by atoms with Crippen molar-refractivity contribution in [2.75, 3.05) is 6.61 Å². The summed E-state index contributed by atoms with van der Waals surface area (Å²) in [6.07, 6.45) is 1.29. The van der Waals surface area contributed by atoms with Crippen LogP contribution in [0.3, 0.4) is 0 Å². The molecule has 0 bridgehead atoms. The average Bonchev–Trinajstić information content (AvgIpc) is 2.86. The van der Waals surface area contributed by atoms with Crippen molar-refractivity contribution in [1.82, 2.24) is 4.90 Å². The SMILES string of the molecule is CCOC(=O)C1CC2CC2N1C(=O)OC(C)(C)C. The number of amides is 1. The zero-order chi connectivity index (χ0) is 13.5. The molecule has 0 aromatic carbocycles. The minimum atomic E-state index is -0.538. The second-order valence-corrected chi connectivity index (χ2v) is 5.95. The van der Waals surface area contributed by atoms with E-state index >= 15 is 0 Å². The zero-order valence-electron chi connectivity index (χ0n) is 11.4. The van der Waals surface area contributed by atoms with Gasteiger partial charge in [-0.05, 0) is 46.5 Å². The molecule has 102 valence electrons. The number of fused-ring (bicyclic) bond motifs is 1. The summed E-state index contributed by atoms with van der Waals surface area (Å²) in [6.45, 7) is 7.58. The topological polar surface area (TPSA) is 55.8 Å². The quantitative estimate of drug-likeness (QED) is 0.708. The van der Waals surface area contributed by atoms with Crippen LogP contribution in [-0.4, -0.2) is 41.3 Å². The molecule has 1 aliphatic heterocycles. The van der Waals surface area contributed by atoms with Gasteiger partial charge in [0.15, 0.2) is 0 Å². The summed E-state index contributed by atoms with van der Waals surface area (Å²) < 4.78 is 10.4. The molecular weight excluding hydrogens is 234 g/mol. The standard InChI is InChI=1S/C13H21NO4/c1-5-17-11(15)10-7-8-6-9(8)14(10)12(16)18-13(2,3)4/h8-10H,5-7H2,1-4H3. The van der Waals surface area contributed by atoms with E-state index in [1.54, 1.807) is 11.8 Å². The third-order valence-electron chi connectivity index (χ3n) is 3.27. The van der Waals surface area contributed by atoms with E-state index in [1.165, 1.54) is 0 Å². The highest BCUT2D eigenvalue weighted by Crippen LogP contribution is 2.48. The van der Waals surface area contributed by atoms with Crippen molar-refractivity contribution in [3.8, 4) is 0 Å². The molecule has 0 radical (unpaired) electrons. The summed E-state index contributed by atoms with van der Waals surface area (Å²) in [6, 6.07) is -0.280. The third kappa shape index (κ3) is 2.60. The van der Waals surface area contributed by atoms with Gasteiger partial charge in [-0.1, -0.05) is 0 Å². The maximum atomic E-state index is 12.1. The Hall–Kier alpha value is -1.26. The van der Waals surface area contributed by atoms with Gasteiger partial charge >= 0.3 is 12.1 Å². The molecule has 5 heteroatoms. The van der Waals surface area contributed by atoms with Gasteiger partial charge in [0.2, 0.25) is 0 Å². The fourth-order valence-corrected chi connectivity index (χ4v) is 2.48. The number of carbonyl (C=O) groups excluding carboxylic acids is 2. The summed E-state index contributed by atoms with van der Waals surface area (Å²) in [7, 11) is 0. The number of nitrogens with zero attached hydrogens (tertiary/aromatic N) is 1. The first-order chi connectivity index (χ1) is 8.33. The van der Waals surface area contributed by atoms with Gasteiger partial charge in [-0.25, -0.2) is 9.59 Å². The lowest BCUT2D eigenvalue weighted by molar-refractivity contribution is -0.148. The fourth-order valence-electron chi connectivity index (χ4n) is 2.48. The summed E-state index contributed by atoms with van der Waals surface area (Å²) in [5, 5.41) is 0. The summed E-state index contributed by atoms with van der Waals surface area (Å²) >= 11 is 0. The van der Waals surface area contributed by atoms with Crippen LogP contribution in [0.1, 0.15) is 40.5 Å². The van der Waals surface area contributed by atoms with Gasteiger partial charge in [-0.15, -0.1) is 0 Å². The van der Waals surface area contributed by atoms with Crippen LogP contribution in [0.15, 0.2) is 0 Å². The second-order valence-electron chi connectivity index (χ2n) is 5.95. The molecular formula is C13H21NO4. The molecule has 0 N–H and O–H groups in total. The van der Waals surface area contributed by atoms with Crippen molar-refractivity contribution in [3.05, 3.63) is 0 Å². The van der Waals surface area contributed by atoms with Crippen molar-refractivity contribution < 1.29 is 19.1 Å². The lowest BCUT2D eigenvalue weighted by Gasteiger charge is -2.29. The van der Waals surface area contributed by atoms with Crippen molar-refractivity contribution in [2.24, 2.45) is 5.92 Å². The Labute approximate surface area is 107 Å². The number of carbonyl (C=O) groups is 2. The minimum absolute atomic E-state index is 0.175. The molecule has 0 aromatic rings. The van der Waals surface area contributed by atoms with E-state index in [1.807, 2.05) is 20.8 Å². The van der Waals surface area contributed by atoms with E-state index in [4.69, 9.17) is 9.47 Å². The molecule has 2 rings (SSSR count). The van der Waals surface area contributed by atoms with Crippen LogP contribution in [0.2, 0.25) is 0 Å². The van der Waals surface area contributed by atoms with Crippen molar-refractivity contribution >= 4 is 12.1 Å². The first-order valence-electron chi connectivity index (χ1n) is 6.51. The Kier molecular flexibility index (Phi) is 3.25. The largest absolute Gasteiger partial charge is 0.464 e. The number of ether oxygens (including phenoxy) is 2. The monoisotopic (exact) mass is 255 g/mol. The van der Waals surface area contributed by atoms with Gasteiger partial charge in [0.1, 0.15) is 11.6 Å². The van der Waals surface area contributed by atoms with E-state index in [0.717, 1.165) is 6.42 Å². The van der Waals surface area contributed by atoms with Crippen molar-refractivity contribution in [3.63, 3.8) is 0 Å². The number of piperidine rings is 1. The van der Waals surface area contributed by atoms with Crippen LogP contribution in [0.5, 0.6) is 0 Å². The summed E-state index contributed by atoms with van der Waals surface area (Å²) in [4.78, 5) is 25.5. The first-order valence-corrected chi connectivity index (χ1v) is 6.51. The first kappa shape index (κ1) is 13.2. The van der Waals surface area contributed by atoms with Gasteiger partial charge in [0.05, 0.1) is 6.61 Å². The molecule has 2 fully saturated rings. The number of hydrogen-bond acceptors (Lipinski definition) is 4. The molecule has 1 heterocycles. The molecule has 18 heavy (non-hydrogen) atoms. The highest BCUT2D eigenvalue weighted by atomic mass is 16.6. The zero-order valence-corrected chi connectivity index (χ0v) is 11.4. The van der Waals surface area contributed by atoms with E-state index in [2.05, 4.69) is 0 Å². The van der Waals surface area contributed by atoms with Gasteiger partial charge in [0, 0.05) is 6.04 Å². The molecule has 1 amide bonds. The molecule has 1 aliphatic carbocycles. The number of hydrogen-bond donors (Lipinski definition) is 0. The summed E-state index contributed by atoms with van der Waals surface area (Å²) in [5.41, 5.74) is -0.538. The molecule has 0 spiro atoms. The van der Waals surface area contributed by atoms with E-state index in [0.29, 0.717) is 18.9 Å². The minimum Gasteiger partial charge on any atom is -0.464 e. The van der Waals surface area contributed by atoms with Crippen LogP contribution in [0.25, 0.3) is 0 Å². The maximum absolute atomic E-state index is 12.1. The van der Waals surface area contributed by atoms with Crippen molar-refractivity contribution in [1.29, 1.82) is 0 Å². The highest BCUT2D eigenvalue weighted by molar-refractivity contribution is 5.83. The molecule has 5 nitrogen and oxygen atoms in total. The second kappa shape index (κ2) is 4.44. The highest BCUT2D eigenvalue weighted by Gasteiger charge is 2.57. The molecule has 0 aromatic heterocycles. The molecule has 3 atom stereocenters. The molecule has 1 saturated carbocycles. The number of esters is 1. The Bertz CT molecular complexity index is 360. The van der Waals surface area contributed by atoms with E-state index < -0.39 is 17.7 Å². The van der Waals surface area contributed by atoms with E-state index in [9.17, 15) is 9.59 Å². The normalized spacial score (nSPS) is 29.8. The van der Waals surface area contributed by atoms with Crippen LogP contribution in [0, 0.1) is 5.92 Å². The number of rotatable bonds is 2. The predicted octanol–water partition coefficient (Wildman–Crippen LogP) is 1.95. The third-order valence-corrected chi connectivity index (χ3v) is 3.27. The lowest BCUT2D eigenvalue weighted by atomic mass is 10.1. The van der Waals surface area contributed by atoms with Gasteiger partial charge < -0.3 is 9.47 Å². The number of likely N-dealkylation sites (tertiary alicyclic amines) is 1. The van der Waals surface area contributed by atoms with Gasteiger partial charge in [-0.3, -0.25) is 4.90 Å². The van der Waals surface area contributed by atoms with Crippen LogP contribution in [-0.2, 0) is 14.3 Å². The summed E-state index contributed by atoms with van der Waals surface area (Å²) in [5.74, 6) is 0.141. The Morgan fingerprint density at radius 1 is 1.28 bits per heavy atom. The fraction of sp³-hybridized carbons (Fsp3) is 0.846. The Balaban J connectivity index is 2.04. The molecule has 2 aliphatic rings.